The maximum absolute atomic E-state index is 12.4. The van der Waals surface area contributed by atoms with Crippen LogP contribution in [0.15, 0.2) is 54.6 Å². The lowest BCUT2D eigenvalue weighted by molar-refractivity contribution is -0.131. The molecule has 3 rings (SSSR count). The van der Waals surface area contributed by atoms with Crippen molar-refractivity contribution < 1.29 is 4.79 Å². The van der Waals surface area contributed by atoms with Gasteiger partial charge in [-0.1, -0.05) is 24.3 Å². The number of amides is 1. The Bertz CT molecular complexity index is 746. The van der Waals surface area contributed by atoms with Crippen molar-refractivity contribution in [2.75, 3.05) is 42.9 Å². The highest BCUT2D eigenvalue weighted by Crippen LogP contribution is 2.16. The summed E-state index contributed by atoms with van der Waals surface area (Å²) in [5.74, 6) is 0.177. The summed E-state index contributed by atoms with van der Waals surface area (Å²) >= 11 is 0. The molecular formula is C20H22N4O. The van der Waals surface area contributed by atoms with Crippen molar-refractivity contribution in [1.82, 2.24) is 4.90 Å². The maximum Gasteiger partial charge on any atom is 0.224 e. The standard InChI is InChI=1S/C20H22N4O/c21-16-17-5-4-6-18(15-17)22-10-9-20(25)24-13-11-23(12-14-24)19-7-2-1-3-8-19/h1-8,15,22H,9-14H2. The summed E-state index contributed by atoms with van der Waals surface area (Å²) in [6.07, 6.45) is 0.460. The minimum atomic E-state index is 0.177. The predicted molar refractivity (Wildman–Crippen MR) is 99.5 cm³/mol. The molecule has 5 nitrogen and oxygen atoms in total. The van der Waals surface area contributed by atoms with Gasteiger partial charge in [-0.05, 0) is 30.3 Å². The lowest BCUT2D eigenvalue weighted by Gasteiger charge is -2.36. The van der Waals surface area contributed by atoms with E-state index in [4.69, 9.17) is 5.26 Å². The summed E-state index contributed by atoms with van der Waals surface area (Å²) in [6.45, 7) is 3.84. The molecule has 25 heavy (non-hydrogen) atoms. The van der Waals surface area contributed by atoms with Crippen molar-refractivity contribution in [3.63, 3.8) is 0 Å². The van der Waals surface area contributed by atoms with Gasteiger partial charge in [0.2, 0.25) is 5.91 Å². The fraction of sp³-hybridized carbons (Fsp3) is 0.300. The second kappa shape index (κ2) is 8.20. The summed E-state index contributed by atoms with van der Waals surface area (Å²) < 4.78 is 0. The molecule has 2 aromatic carbocycles. The van der Waals surface area contributed by atoms with Gasteiger partial charge in [0, 0.05) is 50.5 Å². The average molecular weight is 334 g/mol. The first kappa shape index (κ1) is 16.8. The van der Waals surface area contributed by atoms with Crippen LogP contribution in [0, 0.1) is 11.3 Å². The molecule has 128 valence electrons. The van der Waals surface area contributed by atoms with Crippen molar-refractivity contribution in [1.29, 1.82) is 5.26 Å². The Labute approximate surface area is 148 Å². The third-order valence-electron chi connectivity index (χ3n) is 4.41. The molecule has 0 spiro atoms. The zero-order valence-corrected chi connectivity index (χ0v) is 14.2. The summed E-state index contributed by atoms with van der Waals surface area (Å²) in [5.41, 5.74) is 2.71. The molecule has 1 N–H and O–H groups in total. The van der Waals surface area contributed by atoms with Gasteiger partial charge in [-0.15, -0.1) is 0 Å². The van der Waals surface area contributed by atoms with Crippen LogP contribution in [0.5, 0.6) is 0 Å². The summed E-state index contributed by atoms with van der Waals surface area (Å²) in [5, 5.41) is 12.1. The van der Waals surface area contributed by atoms with E-state index in [-0.39, 0.29) is 5.91 Å². The second-order valence-electron chi connectivity index (χ2n) is 6.07. The largest absolute Gasteiger partial charge is 0.384 e. The molecule has 1 aliphatic rings. The number of nitriles is 1. The number of hydrogen-bond acceptors (Lipinski definition) is 4. The normalized spacial score (nSPS) is 14.0. The molecule has 0 radical (unpaired) electrons. The Morgan fingerprint density at radius 2 is 1.80 bits per heavy atom. The van der Waals surface area contributed by atoms with Gasteiger partial charge in [0.1, 0.15) is 0 Å². The Morgan fingerprint density at radius 1 is 1.04 bits per heavy atom. The topological polar surface area (TPSA) is 59.4 Å². The number of anilines is 2. The van der Waals surface area contributed by atoms with Crippen molar-refractivity contribution in [3.05, 3.63) is 60.2 Å². The first-order valence-corrected chi connectivity index (χ1v) is 8.58. The number of para-hydroxylation sites is 1. The van der Waals surface area contributed by atoms with Crippen LogP contribution in [0.25, 0.3) is 0 Å². The van der Waals surface area contributed by atoms with Crippen molar-refractivity contribution >= 4 is 17.3 Å². The Morgan fingerprint density at radius 3 is 2.52 bits per heavy atom. The minimum Gasteiger partial charge on any atom is -0.384 e. The lowest BCUT2D eigenvalue weighted by atomic mass is 10.2. The molecule has 1 fully saturated rings. The van der Waals surface area contributed by atoms with E-state index in [1.165, 1.54) is 5.69 Å². The van der Waals surface area contributed by atoms with Crippen LogP contribution in [0.2, 0.25) is 0 Å². The fourth-order valence-electron chi connectivity index (χ4n) is 3.02. The molecule has 1 amide bonds. The Balaban J connectivity index is 1.43. The molecule has 0 bridgehead atoms. The van der Waals surface area contributed by atoms with Gasteiger partial charge in [0.05, 0.1) is 11.6 Å². The predicted octanol–water partition coefficient (Wildman–Crippen LogP) is 2.71. The fourth-order valence-corrected chi connectivity index (χ4v) is 3.02. The van der Waals surface area contributed by atoms with Gasteiger partial charge < -0.3 is 15.1 Å². The summed E-state index contributed by atoms with van der Waals surface area (Å²) in [7, 11) is 0. The van der Waals surface area contributed by atoms with E-state index in [2.05, 4.69) is 28.4 Å². The number of nitrogens with zero attached hydrogens (tertiary/aromatic N) is 3. The average Bonchev–Trinajstić information content (AvgIpc) is 2.69. The molecule has 1 aliphatic heterocycles. The van der Waals surface area contributed by atoms with Crippen molar-refractivity contribution in [2.24, 2.45) is 0 Å². The number of piperazine rings is 1. The smallest absolute Gasteiger partial charge is 0.224 e. The highest BCUT2D eigenvalue weighted by Gasteiger charge is 2.20. The van der Waals surface area contributed by atoms with E-state index in [1.807, 2.05) is 35.2 Å². The number of benzene rings is 2. The number of carbonyl (C=O) groups excluding carboxylic acids is 1. The van der Waals surface area contributed by atoms with Gasteiger partial charge >= 0.3 is 0 Å². The second-order valence-corrected chi connectivity index (χ2v) is 6.07. The van der Waals surface area contributed by atoms with E-state index in [0.29, 0.717) is 18.5 Å². The van der Waals surface area contributed by atoms with Crippen LogP contribution in [0.4, 0.5) is 11.4 Å². The summed E-state index contributed by atoms with van der Waals surface area (Å²) in [4.78, 5) is 16.6. The highest BCUT2D eigenvalue weighted by atomic mass is 16.2. The number of carbonyl (C=O) groups is 1. The number of nitrogens with one attached hydrogen (secondary N) is 1. The molecule has 0 aliphatic carbocycles. The minimum absolute atomic E-state index is 0.177. The van der Waals surface area contributed by atoms with Gasteiger partial charge in [0.25, 0.3) is 0 Å². The molecule has 1 heterocycles. The third-order valence-corrected chi connectivity index (χ3v) is 4.41. The van der Waals surface area contributed by atoms with Crippen LogP contribution < -0.4 is 10.2 Å². The maximum atomic E-state index is 12.4. The van der Waals surface area contributed by atoms with Crippen LogP contribution in [-0.4, -0.2) is 43.5 Å². The zero-order chi connectivity index (χ0) is 17.5. The van der Waals surface area contributed by atoms with Crippen molar-refractivity contribution in [3.8, 4) is 6.07 Å². The van der Waals surface area contributed by atoms with E-state index >= 15 is 0 Å². The van der Waals surface area contributed by atoms with Gasteiger partial charge in [-0.2, -0.15) is 5.26 Å². The Kier molecular flexibility index (Phi) is 5.53. The molecular weight excluding hydrogens is 312 g/mol. The number of rotatable bonds is 5. The van der Waals surface area contributed by atoms with Gasteiger partial charge in [-0.3, -0.25) is 4.79 Å². The van der Waals surface area contributed by atoms with Crippen LogP contribution in [0.3, 0.4) is 0 Å². The third kappa shape index (κ3) is 4.51. The van der Waals surface area contributed by atoms with E-state index in [1.54, 1.807) is 12.1 Å². The molecule has 0 saturated carbocycles. The zero-order valence-electron chi connectivity index (χ0n) is 14.2. The van der Waals surface area contributed by atoms with Crippen LogP contribution >= 0.6 is 0 Å². The van der Waals surface area contributed by atoms with Crippen LogP contribution in [0.1, 0.15) is 12.0 Å². The molecule has 2 aromatic rings. The van der Waals surface area contributed by atoms with Gasteiger partial charge in [-0.25, -0.2) is 0 Å². The Hall–Kier alpha value is -3.00. The van der Waals surface area contributed by atoms with E-state index in [9.17, 15) is 4.79 Å². The monoisotopic (exact) mass is 334 g/mol. The quantitative estimate of drug-likeness (QED) is 0.913. The highest BCUT2D eigenvalue weighted by molar-refractivity contribution is 5.77. The first-order chi connectivity index (χ1) is 12.3. The van der Waals surface area contributed by atoms with Crippen molar-refractivity contribution in [2.45, 2.75) is 6.42 Å². The lowest BCUT2D eigenvalue weighted by Crippen LogP contribution is -2.49. The first-order valence-electron chi connectivity index (χ1n) is 8.58. The summed E-state index contributed by atoms with van der Waals surface area (Å²) in [6, 6.07) is 19.7. The SMILES string of the molecule is N#Cc1cccc(NCCC(=O)N2CCN(c3ccccc3)CC2)c1. The van der Waals surface area contributed by atoms with E-state index in [0.717, 1.165) is 31.9 Å². The van der Waals surface area contributed by atoms with E-state index < -0.39 is 0 Å². The van der Waals surface area contributed by atoms with Gasteiger partial charge in [0.15, 0.2) is 0 Å². The molecule has 1 saturated heterocycles. The number of hydrogen-bond donors (Lipinski definition) is 1. The molecule has 0 aromatic heterocycles. The molecule has 5 heteroatoms. The molecule has 0 unspecified atom stereocenters. The molecule has 0 atom stereocenters. The van der Waals surface area contributed by atoms with Crippen LogP contribution in [-0.2, 0) is 4.79 Å².